The first-order valence-corrected chi connectivity index (χ1v) is 9.26. The molecule has 0 saturated carbocycles. The molecule has 1 atom stereocenters. The predicted molar refractivity (Wildman–Crippen MR) is 84.8 cm³/mol. The van der Waals surface area contributed by atoms with Gasteiger partial charge in [-0.05, 0) is 36.5 Å². The molecule has 1 aromatic carbocycles. The Hall–Kier alpha value is -0.790. The maximum atomic E-state index is 12.7. The highest BCUT2D eigenvalue weighted by Gasteiger charge is 2.25. The van der Waals surface area contributed by atoms with Crippen molar-refractivity contribution >= 4 is 7.60 Å². The number of rotatable bonds is 9. The van der Waals surface area contributed by atoms with Crippen molar-refractivity contribution in [3.63, 3.8) is 0 Å². The molecule has 0 bridgehead atoms. The second kappa shape index (κ2) is 8.49. The Labute approximate surface area is 123 Å². The molecule has 20 heavy (non-hydrogen) atoms. The zero-order valence-electron chi connectivity index (χ0n) is 13.1. The molecule has 0 aliphatic rings. The van der Waals surface area contributed by atoms with Crippen LogP contribution >= 0.6 is 7.60 Å². The van der Waals surface area contributed by atoms with Crippen molar-refractivity contribution in [1.29, 1.82) is 0 Å². The van der Waals surface area contributed by atoms with Crippen LogP contribution in [0.15, 0.2) is 24.3 Å². The second-order valence-electron chi connectivity index (χ2n) is 5.34. The summed E-state index contributed by atoms with van der Waals surface area (Å²) in [5.41, 5.74) is 1.25. The molecule has 0 heterocycles. The van der Waals surface area contributed by atoms with Crippen LogP contribution in [0.3, 0.4) is 0 Å². The molecule has 0 N–H and O–H groups in total. The molecular weight excluding hydrogens is 271 g/mol. The fourth-order valence-electron chi connectivity index (χ4n) is 1.79. The maximum Gasteiger partial charge on any atom is 0.379 e. The SMILES string of the molecule is CCCCP(=O)(OCCC)Oc1ccc(C(C)C)cc1. The minimum absolute atomic E-state index is 0.477. The van der Waals surface area contributed by atoms with Gasteiger partial charge < -0.3 is 4.52 Å². The van der Waals surface area contributed by atoms with E-state index in [9.17, 15) is 4.57 Å². The molecule has 1 rings (SSSR count). The lowest BCUT2D eigenvalue weighted by molar-refractivity contribution is 0.264. The van der Waals surface area contributed by atoms with E-state index in [2.05, 4.69) is 20.8 Å². The average Bonchev–Trinajstić information content (AvgIpc) is 2.44. The zero-order chi connectivity index (χ0) is 15.0. The molecule has 4 heteroatoms. The highest BCUT2D eigenvalue weighted by Crippen LogP contribution is 2.49. The average molecular weight is 298 g/mol. The van der Waals surface area contributed by atoms with E-state index in [1.807, 2.05) is 31.2 Å². The Morgan fingerprint density at radius 3 is 2.25 bits per heavy atom. The van der Waals surface area contributed by atoms with Gasteiger partial charge in [-0.15, -0.1) is 0 Å². The van der Waals surface area contributed by atoms with Crippen molar-refractivity contribution < 1.29 is 13.6 Å². The normalized spacial score (nSPS) is 14.2. The first-order chi connectivity index (χ1) is 9.50. The molecule has 0 aromatic heterocycles. The van der Waals surface area contributed by atoms with Crippen molar-refractivity contribution in [2.75, 3.05) is 12.8 Å². The minimum atomic E-state index is -3.01. The van der Waals surface area contributed by atoms with Crippen LogP contribution < -0.4 is 4.52 Å². The Morgan fingerprint density at radius 1 is 1.10 bits per heavy atom. The summed E-state index contributed by atoms with van der Waals surface area (Å²) in [7, 11) is -3.01. The first-order valence-electron chi connectivity index (χ1n) is 7.54. The van der Waals surface area contributed by atoms with Crippen LogP contribution in [0.2, 0.25) is 0 Å². The van der Waals surface area contributed by atoms with Crippen molar-refractivity contribution in [3.8, 4) is 5.75 Å². The van der Waals surface area contributed by atoms with E-state index in [4.69, 9.17) is 9.05 Å². The van der Waals surface area contributed by atoms with Crippen LogP contribution in [-0.4, -0.2) is 12.8 Å². The van der Waals surface area contributed by atoms with Gasteiger partial charge >= 0.3 is 7.60 Å². The van der Waals surface area contributed by atoms with Gasteiger partial charge in [0.25, 0.3) is 0 Å². The Balaban J connectivity index is 2.75. The van der Waals surface area contributed by atoms with E-state index < -0.39 is 7.60 Å². The Morgan fingerprint density at radius 2 is 1.75 bits per heavy atom. The summed E-state index contributed by atoms with van der Waals surface area (Å²) < 4.78 is 23.8. The van der Waals surface area contributed by atoms with E-state index in [-0.39, 0.29) is 0 Å². The van der Waals surface area contributed by atoms with E-state index >= 15 is 0 Å². The van der Waals surface area contributed by atoms with Gasteiger partial charge in [-0.2, -0.15) is 0 Å². The van der Waals surface area contributed by atoms with E-state index in [1.165, 1.54) is 5.56 Å². The fraction of sp³-hybridized carbons (Fsp3) is 0.625. The Kier molecular flexibility index (Phi) is 7.32. The minimum Gasteiger partial charge on any atom is -0.424 e. The summed E-state index contributed by atoms with van der Waals surface area (Å²) in [6, 6.07) is 7.79. The van der Waals surface area contributed by atoms with Crippen molar-refractivity contribution in [3.05, 3.63) is 29.8 Å². The molecule has 0 amide bonds. The molecule has 0 fully saturated rings. The number of unbranched alkanes of at least 4 members (excludes halogenated alkanes) is 1. The molecule has 114 valence electrons. The maximum absolute atomic E-state index is 12.7. The summed E-state index contributed by atoms with van der Waals surface area (Å²) >= 11 is 0. The lowest BCUT2D eigenvalue weighted by Gasteiger charge is -2.19. The number of hydrogen-bond donors (Lipinski definition) is 0. The van der Waals surface area contributed by atoms with Gasteiger partial charge in [0.2, 0.25) is 0 Å². The second-order valence-corrected chi connectivity index (χ2v) is 7.45. The largest absolute Gasteiger partial charge is 0.424 e. The molecule has 1 aromatic rings. The third kappa shape index (κ3) is 5.68. The molecule has 1 unspecified atom stereocenters. The van der Waals surface area contributed by atoms with Gasteiger partial charge in [0.05, 0.1) is 12.8 Å². The van der Waals surface area contributed by atoms with Crippen LogP contribution in [0, 0.1) is 0 Å². The summed E-state index contributed by atoms with van der Waals surface area (Å²) in [5.74, 6) is 1.11. The van der Waals surface area contributed by atoms with Crippen LogP contribution in [0.1, 0.15) is 58.4 Å². The molecule has 0 spiro atoms. The van der Waals surface area contributed by atoms with Gasteiger partial charge in [0.1, 0.15) is 5.75 Å². The zero-order valence-corrected chi connectivity index (χ0v) is 14.0. The molecular formula is C16H27O3P. The van der Waals surface area contributed by atoms with E-state index in [0.29, 0.717) is 24.4 Å². The number of hydrogen-bond acceptors (Lipinski definition) is 3. The highest BCUT2D eigenvalue weighted by atomic mass is 31.2. The van der Waals surface area contributed by atoms with Crippen molar-refractivity contribution in [2.24, 2.45) is 0 Å². The van der Waals surface area contributed by atoms with Crippen LogP contribution in [0.5, 0.6) is 5.75 Å². The van der Waals surface area contributed by atoms with Gasteiger partial charge in [-0.3, -0.25) is 4.52 Å². The summed E-state index contributed by atoms with van der Waals surface area (Å²) in [4.78, 5) is 0. The molecule has 0 saturated heterocycles. The van der Waals surface area contributed by atoms with Gasteiger partial charge in [-0.1, -0.05) is 46.2 Å². The molecule has 3 nitrogen and oxygen atoms in total. The van der Waals surface area contributed by atoms with Crippen LogP contribution in [0.4, 0.5) is 0 Å². The molecule has 0 aliphatic heterocycles. The summed E-state index contributed by atoms with van der Waals surface area (Å²) in [6.45, 7) is 8.84. The molecule has 0 aliphatic carbocycles. The number of benzene rings is 1. The summed E-state index contributed by atoms with van der Waals surface area (Å²) in [6.07, 6.45) is 3.15. The third-order valence-electron chi connectivity index (χ3n) is 3.07. The highest BCUT2D eigenvalue weighted by molar-refractivity contribution is 7.54. The lowest BCUT2D eigenvalue weighted by Crippen LogP contribution is -2.03. The lowest BCUT2D eigenvalue weighted by atomic mass is 10.0. The Bertz CT molecular complexity index is 414. The van der Waals surface area contributed by atoms with Crippen molar-refractivity contribution in [1.82, 2.24) is 0 Å². The van der Waals surface area contributed by atoms with Crippen LogP contribution in [0.25, 0.3) is 0 Å². The standard InChI is InChI=1S/C16H27O3P/c1-5-7-13-20(17,18-12-6-2)19-16-10-8-15(9-11-16)14(3)4/h8-11,14H,5-7,12-13H2,1-4H3. The van der Waals surface area contributed by atoms with E-state index in [0.717, 1.165) is 19.3 Å². The predicted octanol–water partition coefficient (Wildman–Crippen LogP) is 5.61. The van der Waals surface area contributed by atoms with Crippen LogP contribution in [-0.2, 0) is 9.09 Å². The third-order valence-corrected chi connectivity index (χ3v) is 5.00. The molecule has 0 radical (unpaired) electrons. The fourth-order valence-corrected chi connectivity index (χ4v) is 3.67. The topological polar surface area (TPSA) is 35.5 Å². The quantitative estimate of drug-likeness (QED) is 0.556. The summed E-state index contributed by atoms with van der Waals surface area (Å²) in [5, 5.41) is 0. The van der Waals surface area contributed by atoms with Gasteiger partial charge in [-0.25, -0.2) is 4.57 Å². The van der Waals surface area contributed by atoms with Crippen molar-refractivity contribution in [2.45, 2.75) is 52.9 Å². The monoisotopic (exact) mass is 298 g/mol. The van der Waals surface area contributed by atoms with Gasteiger partial charge in [0.15, 0.2) is 0 Å². The van der Waals surface area contributed by atoms with E-state index in [1.54, 1.807) is 0 Å². The first kappa shape index (κ1) is 17.3. The smallest absolute Gasteiger partial charge is 0.379 e. The van der Waals surface area contributed by atoms with Gasteiger partial charge in [0, 0.05) is 0 Å².